The van der Waals surface area contributed by atoms with E-state index in [-0.39, 0.29) is 18.0 Å². The van der Waals surface area contributed by atoms with Crippen molar-refractivity contribution in [3.63, 3.8) is 0 Å². The maximum Gasteiger partial charge on any atom is 0.217 e. The molecule has 0 aliphatic carbocycles. The van der Waals surface area contributed by atoms with E-state index in [9.17, 15) is 14.0 Å². The van der Waals surface area contributed by atoms with E-state index in [1.165, 1.54) is 36.0 Å². The molecule has 2 N–H and O–H groups in total. The number of thioether (sulfide) groups is 1. The molecule has 0 bridgehead atoms. The number of hydrogen-bond donors (Lipinski definition) is 1. The van der Waals surface area contributed by atoms with Crippen molar-refractivity contribution in [3.8, 4) is 0 Å². The zero-order valence-electron chi connectivity index (χ0n) is 12.8. The molecule has 0 spiro atoms. The number of ketones is 1. The number of benzene rings is 1. The summed E-state index contributed by atoms with van der Waals surface area (Å²) in [6, 6.07) is 5.44. The highest BCUT2D eigenvalue weighted by atomic mass is 32.2. The highest BCUT2D eigenvalue weighted by Crippen LogP contribution is 2.24. The molecule has 0 aliphatic rings. The summed E-state index contributed by atoms with van der Waals surface area (Å²) in [5.41, 5.74) is 5.57. The molecule has 0 fully saturated rings. The summed E-state index contributed by atoms with van der Waals surface area (Å²) in [7, 11) is 1.77. The lowest BCUT2D eigenvalue weighted by molar-refractivity contribution is -0.118. The SMILES string of the molecule is C[C@H](Sc1nnc(CCC(N)=O)n1C)C(=O)c1ccc(F)cc1. The van der Waals surface area contributed by atoms with E-state index in [1.54, 1.807) is 18.5 Å². The number of amides is 1. The molecule has 0 saturated heterocycles. The van der Waals surface area contributed by atoms with Crippen molar-refractivity contribution < 1.29 is 14.0 Å². The van der Waals surface area contributed by atoms with Crippen molar-refractivity contribution in [2.24, 2.45) is 12.8 Å². The van der Waals surface area contributed by atoms with Gasteiger partial charge in [-0.25, -0.2) is 4.39 Å². The Bertz CT molecular complexity index is 715. The third-order valence-corrected chi connectivity index (χ3v) is 4.43. The molecule has 0 saturated carbocycles. The maximum atomic E-state index is 12.9. The average Bonchev–Trinajstić information content (AvgIpc) is 2.85. The molecular formula is C15H17FN4O2S. The van der Waals surface area contributed by atoms with Gasteiger partial charge in [-0.05, 0) is 31.2 Å². The number of primary amides is 1. The fourth-order valence-corrected chi connectivity index (χ4v) is 2.87. The van der Waals surface area contributed by atoms with Crippen LogP contribution in [-0.2, 0) is 18.3 Å². The fourth-order valence-electron chi connectivity index (χ4n) is 1.96. The summed E-state index contributed by atoms with van der Waals surface area (Å²) >= 11 is 1.26. The van der Waals surface area contributed by atoms with Crippen LogP contribution in [0.1, 0.15) is 29.5 Å². The van der Waals surface area contributed by atoms with Crippen LogP contribution < -0.4 is 5.73 Å². The number of nitrogens with zero attached hydrogens (tertiary/aromatic N) is 3. The van der Waals surface area contributed by atoms with E-state index in [1.807, 2.05) is 0 Å². The molecule has 1 amide bonds. The van der Waals surface area contributed by atoms with Gasteiger partial charge in [-0.1, -0.05) is 11.8 Å². The van der Waals surface area contributed by atoms with E-state index in [4.69, 9.17) is 5.73 Å². The van der Waals surface area contributed by atoms with Crippen LogP contribution in [-0.4, -0.2) is 31.7 Å². The van der Waals surface area contributed by atoms with Crippen molar-refractivity contribution in [2.75, 3.05) is 0 Å². The van der Waals surface area contributed by atoms with Crippen molar-refractivity contribution in [1.29, 1.82) is 0 Å². The Balaban J connectivity index is 2.05. The van der Waals surface area contributed by atoms with Crippen LogP contribution in [0.4, 0.5) is 4.39 Å². The second-order valence-corrected chi connectivity index (χ2v) is 6.36. The first-order chi connectivity index (χ1) is 10.9. The molecule has 0 aliphatic heterocycles. The average molecular weight is 336 g/mol. The van der Waals surface area contributed by atoms with Crippen molar-refractivity contribution in [3.05, 3.63) is 41.5 Å². The van der Waals surface area contributed by atoms with Crippen LogP contribution in [0.15, 0.2) is 29.4 Å². The molecule has 2 aromatic rings. The molecule has 0 radical (unpaired) electrons. The number of carbonyl (C=O) groups excluding carboxylic acids is 2. The minimum atomic E-state index is -0.401. The molecule has 6 nitrogen and oxygen atoms in total. The smallest absolute Gasteiger partial charge is 0.217 e. The molecule has 23 heavy (non-hydrogen) atoms. The van der Waals surface area contributed by atoms with Crippen LogP contribution in [0.5, 0.6) is 0 Å². The van der Waals surface area contributed by atoms with Gasteiger partial charge in [-0.15, -0.1) is 10.2 Å². The van der Waals surface area contributed by atoms with Gasteiger partial charge >= 0.3 is 0 Å². The third kappa shape index (κ3) is 4.38. The van der Waals surface area contributed by atoms with Crippen LogP contribution >= 0.6 is 11.8 Å². The standard InChI is InChI=1S/C15H17FN4O2S/c1-9(14(22)10-3-5-11(16)6-4-10)23-15-19-18-13(20(15)2)8-7-12(17)21/h3-6,9H,7-8H2,1-2H3,(H2,17,21)/t9-/m0/s1. The van der Waals surface area contributed by atoms with Crippen molar-refractivity contribution >= 4 is 23.5 Å². The number of nitrogens with two attached hydrogens (primary N) is 1. The van der Waals surface area contributed by atoms with Crippen molar-refractivity contribution in [1.82, 2.24) is 14.8 Å². The zero-order chi connectivity index (χ0) is 17.0. The topological polar surface area (TPSA) is 90.9 Å². The van der Waals surface area contributed by atoms with Gasteiger partial charge in [0.2, 0.25) is 5.91 Å². The molecule has 1 atom stereocenters. The van der Waals surface area contributed by atoms with E-state index in [2.05, 4.69) is 10.2 Å². The number of rotatable bonds is 7. The largest absolute Gasteiger partial charge is 0.370 e. The fraction of sp³-hybridized carbons (Fsp3) is 0.333. The second-order valence-electron chi connectivity index (χ2n) is 5.06. The van der Waals surface area contributed by atoms with Gasteiger partial charge in [0.15, 0.2) is 10.9 Å². The Morgan fingerprint density at radius 3 is 2.57 bits per heavy atom. The number of hydrogen-bond acceptors (Lipinski definition) is 5. The molecule has 1 aromatic carbocycles. The number of halogens is 1. The first-order valence-electron chi connectivity index (χ1n) is 7.01. The Morgan fingerprint density at radius 1 is 1.30 bits per heavy atom. The molecule has 8 heteroatoms. The summed E-state index contributed by atoms with van der Waals surface area (Å²) in [5, 5.41) is 8.22. The number of carbonyl (C=O) groups is 2. The Kier molecular flexibility index (Phi) is 5.49. The molecule has 2 rings (SSSR count). The highest BCUT2D eigenvalue weighted by Gasteiger charge is 2.20. The summed E-state index contributed by atoms with van der Waals surface area (Å²) in [5.74, 6) is -0.263. The van der Waals surface area contributed by atoms with Crippen LogP contribution in [0.25, 0.3) is 0 Å². The first kappa shape index (κ1) is 17.1. The summed E-state index contributed by atoms with van der Waals surface area (Å²) in [4.78, 5) is 23.2. The maximum absolute atomic E-state index is 12.9. The van der Waals surface area contributed by atoms with Gasteiger partial charge in [-0.3, -0.25) is 9.59 Å². The highest BCUT2D eigenvalue weighted by molar-refractivity contribution is 8.00. The summed E-state index contributed by atoms with van der Waals surface area (Å²) < 4.78 is 14.7. The molecule has 122 valence electrons. The predicted octanol–water partition coefficient (Wildman–Crippen LogP) is 1.74. The lowest BCUT2D eigenvalue weighted by atomic mass is 10.1. The first-order valence-corrected chi connectivity index (χ1v) is 7.89. The third-order valence-electron chi connectivity index (χ3n) is 3.30. The van der Waals surface area contributed by atoms with Gasteiger partial charge in [-0.2, -0.15) is 0 Å². The van der Waals surface area contributed by atoms with Gasteiger partial charge in [0.25, 0.3) is 0 Å². The van der Waals surface area contributed by atoms with Gasteiger partial charge < -0.3 is 10.3 Å². The minimum absolute atomic E-state index is 0.114. The Morgan fingerprint density at radius 2 is 1.96 bits per heavy atom. The van der Waals surface area contributed by atoms with E-state index in [0.717, 1.165) is 0 Å². The second kappa shape index (κ2) is 7.36. The minimum Gasteiger partial charge on any atom is -0.370 e. The van der Waals surface area contributed by atoms with E-state index < -0.39 is 11.2 Å². The van der Waals surface area contributed by atoms with Crippen LogP contribution in [0.2, 0.25) is 0 Å². The van der Waals surface area contributed by atoms with Crippen molar-refractivity contribution in [2.45, 2.75) is 30.2 Å². The van der Waals surface area contributed by atoms with Gasteiger partial charge in [0.1, 0.15) is 11.6 Å². The molecular weight excluding hydrogens is 319 g/mol. The Labute approximate surface area is 137 Å². The summed E-state index contributed by atoms with van der Waals surface area (Å²) in [6.07, 6.45) is 0.598. The quantitative estimate of drug-likeness (QED) is 0.614. The summed E-state index contributed by atoms with van der Waals surface area (Å²) in [6.45, 7) is 1.76. The normalized spacial score (nSPS) is 12.1. The number of Topliss-reactive ketones (excluding diaryl/α,β-unsaturated/α-hetero) is 1. The van der Waals surface area contributed by atoms with E-state index >= 15 is 0 Å². The predicted molar refractivity (Wildman–Crippen MR) is 84.6 cm³/mol. The number of aromatic nitrogens is 3. The molecule has 1 aromatic heterocycles. The number of aryl methyl sites for hydroxylation is 1. The lowest BCUT2D eigenvalue weighted by Crippen LogP contribution is -2.15. The van der Waals surface area contributed by atoms with E-state index in [0.29, 0.717) is 23.0 Å². The van der Waals surface area contributed by atoms with Crippen LogP contribution in [0, 0.1) is 5.82 Å². The monoisotopic (exact) mass is 336 g/mol. The van der Waals surface area contributed by atoms with Gasteiger partial charge in [0, 0.05) is 25.5 Å². The van der Waals surface area contributed by atoms with Crippen LogP contribution in [0.3, 0.4) is 0 Å². The molecule has 0 unspecified atom stereocenters. The lowest BCUT2D eigenvalue weighted by Gasteiger charge is -2.10. The Hall–Kier alpha value is -2.22. The zero-order valence-corrected chi connectivity index (χ0v) is 13.6. The molecule has 1 heterocycles. The van der Waals surface area contributed by atoms with Gasteiger partial charge in [0.05, 0.1) is 5.25 Å².